The maximum absolute atomic E-state index is 12.1. The van der Waals surface area contributed by atoms with Crippen molar-refractivity contribution in [1.29, 1.82) is 0 Å². The minimum Gasteiger partial charge on any atom is -0.262 e. The Balaban J connectivity index is 2.32. The van der Waals surface area contributed by atoms with Crippen LogP contribution in [0.25, 0.3) is 0 Å². The van der Waals surface area contributed by atoms with E-state index in [2.05, 4.69) is 46.5 Å². The van der Waals surface area contributed by atoms with E-state index in [-0.39, 0.29) is 10.7 Å². The molecule has 0 atom stereocenters. The highest BCUT2D eigenvalue weighted by molar-refractivity contribution is 9.10. The van der Waals surface area contributed by atoms with Crippen LogP contribution in [0.15, 0.2) is 44.6 Å². The first kappa shape index (κ1) is 14.7. The molecule has 0 bridgehead atoms. The van der Waals surface area contributed by atoms with Crippen LogP contribution in [-0.4, -0.2) is 18.4 Å². The highest BCUT2D eigenvalue weighted by Crippen LogP contribution is 2.26. The Morgan fingerprint density at radius 3 is 2.47 bits per heavy atom. The van der Waals surface area contributed by atoms with Gasteiger partial charge in [0.05, 0.1) is 22.3 Å². The molecule has 9 heteroatoms. The lowest BCUT2D eigenvalue weighted by atomic mass is 10.4. The minimum atomic E-state index is -3.72. The lowest BCUT2D eigenvalue weighted by Crippen LogP contribution is -2.14. The number of hydrogen-bond acceptors (Lipinski definition) is 4. The van der Waals surface area contributed by atoms with Gasteiger partial charge in [0, 0.05) is 4.47 Å². The maximum Gasteiger partial charge on any atom is 0.263 e. The Morgan fingerprint density at radius 1 is 1.16 bits per heavy atom. The van der Waals surface area contributed by atoms with Crippen LogP contribution in [0.3, 0.4) is 0 Å². The zero-order valence-electron chi connectivity index (χ0n) is 9.14. The van der Waals surface area contributed by atoms with E-state index in [9.17, 15) is 8.42 Å². The van der Waals surface area contributed by atoms with Gasteiger partial charge in [-0.2, -0.15) is 0 Å². The lowest BCUT2D eigenvalue weighted by molar-refractivity contribution is 0.601. The second kappa shape index (κ2) is 5.74. The summed E-state index contributed by atoms with van der Waals surface area (Å²) in [5.41, 5.74) is 0. The number of aromatic nitrogens is 2. The number of rotatable bonds is 3. The molecule has 2 rings (SSSR count). The molecular weight excluding hydrogens is 421 g/mol. The molecule has 5 nitrogen and oxygen atoms in total. The van der Waals surface area contributed by atoms with Crippen molar-refractivity contribution >= 4 is 59.3 Å². The molecule has 0 unspecified atom stereocenters. The molecule has 0 radical (unpaired) electrons. The van der Waals surface area contributed by atoms with Gasteiger partial charge in [0.25, 0.3) is 10.0 Å². The minimum absolute atomic E-state index is 0.0773. The van der Waals surface area contributed by atoms with E-state index in [1.54, 1.807) is 0 Å². The van der Waals surface area contributed by atoms with E-state index in [1.807, 2.05) is 0 Å². The SMILES string of the molecule is O=S(=O)(Nc1cnc(Br)cn1)c1ccc(Cl)c(Br)c1. The van der Waals surface area contributed by atoms with Crippen LogP contribution >= 0.6 is 43.5 Å². The molecular formula is C10H6Br2ClN3O2S. The van der Waals surface area contributed by atoms with E-state index < -0.39 is 10.0 Å². The van der Waals surface area contributed by atoms with E-state index in [1.165, 1.54) is 30.6 Å². The summed E-state index contributed by atoms with van der Waals surface area (Å²) in [7, 11) is -3.72. The third-order valence-corrected chi connectivity index (χ3v) is 5.04. The van der Waals surface area contributed by atoms with Crippen molar-refractivity contribution in [3.05, 3.63) is 44.7 Å². The Kier molecular flexibility index (Phi) is 4.44. The average Bonchev–Trinajstić information content (AvgIpc) is 2.35. The second-order valence-electron chi connectivity index (χ2n) is 3.41. The number of nitrogens with zero attached hydrogens (tertiary/aromatic N) is 2. The Morgan fingerprint density at radius 2 is 1.89 bits per heavy atom. The van der Waals surface area contributed by atoms with Gasteiger partial charge in [0.15, 0.2) is 5.82 Å². The fourth-order valence-corrected chi connectivity index (χ4v) is 3.08. The summed E-state index contributed by atoms with van der Waals surface area (Å²) in [4.78, 5) is 7.85. The summed E-state index contributed by atoms with van der Waals surface area (Å²) < 4.78 is 27.5. The van der Waals surface area contributed by atoms with Gasteiger partial charge in [0.1, 0.15) is 4.60 Å². The van der Waals surface area contributed by atoms with Gasteiger partial charge in [-0.25, -0.2) is 18.4 Å². The highest BCUT2D eigenvalue weighted by atomic mass is 79.9. The summed E-state index contributed by atoms with van der Waals surface area (Å²) in [6.07, 6.45) is 2.71. The molecule has 2 aromatic rings. The second-order valence-corrected chi connectivity index (χ2v) is 7.16. The molecule has 0 aliphatic heterocycles. The summed E-state index contributed by atoms with van der Waals surface area (Å²) >= 11 is 12.1. The molecule has 1 heterocycles. The molecule has 0 amide bonds. The molecule has 1 aromatic carbocycles. The fraction of sp³-hybridized carbons (Fsp3) is 0. The quantitative estimate of drug-likeness (QED) is 0.814. The topological polar surface area (TPSA) is 72.0 Å². The van der Waals surface area contributed by atoms with Crippen LogP contribution < -0.4 is 4.72 Å². The number of anilines is 1. The molecule has 0 saturated heterocycles. The predicted octanol–water partition coefficient (Wildman–Crippen LogP) is 3.46. The first-order chi connectivity index (χ1) is 8.88. The standard InChI is InChI=1S/C10H6Br2ClN3O2S/c11-7-3-6(1-2-8(7)13)19(17,18)16-10-5-14-9(12)4-15-10/h1-5H,(H,15,16). The average molecular weight is 428 g/mol. The smallest absolute Gasteiger partial charge is 0.262 e. The molecule has 0 saturated carbocycles. The molecule has 0 aliphatic carbocycles. The van der Waals surface area contributed by atoms with Gasteiger partial charge < -0.3 is 0 Å². The number of nitrogens with one attached hydrogen (secondary N) is 1. The van der Waals surface area contributed by atoms with Crippen molar-refractivity contribution in [3.63, 3.8) is 0 Å². The van der Waals surface area contributed by atoms with Crippen LogP contribution in [0.1, 0.15) is 0 Å². The van der Waals surface area contributed by atoms with Crippen molar-refractivity contribution in [3.8, 4) is 0 Å². The number of halogens is 3. The van der Waals surface area contributed by atoms with Crippen molar-refractivity contribution in [2.45, 2.75) is 4.90 Å². The van der Waals surface area contributed by atoms with Crippen LogP contribution in [0.5, 0.6) is 0 Å². The zero-order chi connectivity index (χ0) is 14.0. The van der Waals surface area contributed by atoms with E-state index in [0.717, 1.165) is 0 Å². The number of hydrogen-bond donors (Lipinski definition) is 1. The largest absolute Gasteiger partial charge is 0.263 e. The zero-order valence-corrected chi connectivity index (χ0v) is 13.9. The maximum atomic E-state index is 12.1. The predicted molar refractivity (Wildman–Crippen MR) is 79.7 cm³/mol. The van der Waals surface area contributed by atoms with Crippen molar-refractivity contribution in [1.82, 2.24) is 9.97 Å². The third-order valence-electron chi connectivity index (χ3n) is 2.06. The Labute approximate surface area is 131 Å². The number of benzene rings is 1. The summed E-state index contributed by atoms with van der Waals surface area (Å²) in [6.45, 7) is 0. The molecule has 19 heavy (non-hydrogen) atoms. The normalized spacial score (nSPS) is 11.3. The van der Waals surface area contributed by atoms with Gasteiger partial charge in [-0.3, -0.25) is 4.72 Å². The van der Waals surface area contributed by atoms with Gasteiger partial charge in [0.2, 0.25) is 0 Å². The van der Waals surface area contributed by atoms with E-state index >= 15 is 0 Å². The van der Waals surface area contributed by atoms with Crippen LogP contribution in [-0.2, 0) is 10.0 Å². The Hall–Kier alpha value is -0.700. The monoisotopic (exact) mass is 425 g/mol. The highest BCUT2D eigenvalue weighted by Gasteiger charge is 2.16. The van der Waals surface area contributed by atoms with Gasteiger partial charge in [-0.1, -0.05) is 11.6 Å². The molecule has 100 valence electrons. The fourth-order valence-electron chi connectivity index (χ4n) is 1.21. The van der Waals surface area contributed by atoms with Crippen LogP contribution in [0.4, 0.5) is 5.82 Å². The van der Waals surface area contributed by atoms with Crippen LogP contribution in [0, 0.1) is 0 Å². The molecule has 0 spiro atoms. The Bertz CT molecular complexity index is 707. The third kappa shape index (κ3) is 3.65. The van der Waals surface area contributed by atoms with Gasteiger partial charge >= 0.3 is 0 Å². The van der Waals surface area contributed by atoms with Crippen molar-refractivity contribution < 1.29 is 8.42 Å². The summed E-state index contributed by atoms with van der Waals surface area (Å²) in [6, 6.07) is 4.31. The van der Waals surface area contributed by atoms with Crippen molar-refractivity contribution in [2.24, 2.45) is 0 Å². The molecule has 0 fully saturated rings. The summed E-state index contributed by atoms with van der Waals surface area (Å²) in [5, 5.41) is 0.433. The van der Waals surface area contributed by atoms with Gasteiger partial charge in [-0.15, -0.1) is 0 Å². The molecule has 1 N–H and O–H groups in total. The van der Waals surface area contributed by atoms with E-state index in [4.69, 9.17) is 11.6 Å². The van der Waals surface area contributed by atoms with E-state index in [0.29, 0.717) is 14.1 Å². The lowest BCUT2D eigenvalue weighted by Gasteiger charge is -2.07. The summed E-state index contributed by atoms with van der Waals surface area (Å²) in [5.74, 6) is 0.134. The van der Waals surface area contributed by atoms with Crippen molar-refractivity contribution in [2.75, 3.05) is 4.72 Å². The number of sulfonamides is 1. The molecule has 1 aromatic heterocycles. The molecule has 0 aliphatic rings. The van der Waals surface area contributed by atoms with Crippen LogP contribution in [0.2, 0.25) is 5.02 Å². The van der Waals surface area contributed by atoms with Gasteiger partial charge in [-0.05, 0) is 50.1 Å². The first-order valence-corrected chi connectivity index (χ1v) is 8.28. The first-order valence-electron chi connectivity index (χ1n) is 4.84.